The van der Waals surface area contributed by atoms with Gasteiger partial charge < -0.3 is 9.64 Å². The molecule has 0 aliphatic carbocycles. The molecule has 8 heteroatoms. The van der Waals surface area contributed by atoms with Crippen LogP contribution in [0.3, 0.4) is 0 Å². The molecule has 0 bridgehead atoms. The normalized spacial score (nSPS) is 19.1. The van der Waals surface area contributed by atoms with E-state index < -0.39 is 5.60 Å². The minimum atomic E-state index is -0.490. The Labute approximate surface area is 144 Å². The summed E-state index contributed by atoms with van der Waals surface area (Å²) in [5.74, 6) is 1.72. The molecule has 23 heavy (non-hydrogen) atoms. The van der Waals surface area contributed by atoms with E-state index in [9.17, 15) is 4.79 Å². The van der Waals surface area contributed by atoms with Crippen molar-refractivity contribution in [2.45, 2.75) is 31.6 Å². The van der Waals surface area contributed by atoms with Crippen molar-refractivity contribution in [3.63, 3.8) is 0 Å². The van der Waals surface area contributed by atoms with Gasteiger partial charge in [0.05, 0.1) is 11.4 Å². The molecule has 2 aromatic heterocycles. The van der Waals surface area contributed by atoms with Crippen LogP contribution in [0.25, 0.3) is 5.52 Å². The second kappa shape index (κ2) is 6.20. The average Bonchev–Trinajstić information content (AvgIpc) is 2.91. The zero-order valence-corrected chi connectivity index (χ0v) is 14.9. The van der Waals surface area contributed by atoms with E-state index in [0.717, 1.165) is 17.1 Å². The Bertz CT molecular complexity index is 728. The van der Waals surface area contributed by atoms with Gasteiger partial charge >= 0.3 is 6.09 Å². The Morgan fingerprint density at radius 1 is 1.43 bits per heavy atom. The van der Waals surface area contributed by atoms with E-state index in [2.05, 4.69) is 9.97 Å². The molecule has 3 rings (SSSR count). The number of nitrogens with zero attached hydrogens (tertiary/aromatic N) is 4. The summed E-state index contributed by atoms with van der Waals surface area (Å²) in [5, 5.41) is 0.508. The van der Waals surface area contributed by atoms with Gasteiger partial charge in [0.15, 0.2) is 5.15 Å². The molecule has 0 N–H and O–H groups in total. The minimum absolute atomic E-state index is 0.0808. The lowest BCUT2D eigenvalue weighted by Gasteiger charge is -2.33. The quantitative estimate of drug-likeness (QED) is 0.785. The van der Waals surface area contributed by atoms with Gasteiger partial charge in [-0.1, -0.05) is 11.6 Å². The van der Waals surface area contributed by atoms with Crippen molar-refractivity contribution in [2.24, 2.45) is 0 Å². The summed E-state index contributed by atoms with van der Waals surface area (Å²) in [6.45, 7) is 6.87. The topological polar surface area (TPSA) is 59.7 Å². The molecule has 0 saturated carbocycles. The molecule has 6 nitrogen and oxygen atoms in total. The largest absolute Gasteiger partial charge is 0.444 e. The van der Waals surface area contributed by atoms with Crippen molar-refractivity contribution in [3.8, 4) is 0 Å². The third-order valence-corrected chi connectivity index (χ3v) is 4.92. The third kappa shape index (κ3) is 3.55. The number of carbonyl (C=O) groups excluding carboxylic acids is 1. The second-order valence-corrected chi connectivity index (χ2v) is 8.04. The molecule has 0 radical (unpaired) electrons. The number of amides is 1. The number of hydrogen-bond donors (Lipinski definition) is 0. The van der Waals surface area contributed by atoms with Crippen molar-refractivity contribution in [1.82, 2.24) is 19.3 Å². The number of aromatic nitrogens is 3. The fourth-order valence-electron chi connectivity index (χ4n) is 2.45. The molecule has 0 aromatic carbocycles. The molecule has 3 heterocycles. The molecule has 1 fully saturated rings. The fourth-order valence-corrected chi connectivity index (χ4v) is 3.87. The van der Waals surface area contributed by atoms with Crippen molar-refractivity contribution in [2.75, 3.05) is 18.8 Å². The molecule has 1 atom stereocenters. The lowest BCUT2D eigenvalue weighted by molar-refractivity contribution is 0.0256. The minimum Gasteiger partial charge on any atom is -0.444 e. The maximum absolute atomic E-state index is 12.3. The van der Waals surface area contributed by atoms with Crippen LogP contribution in [0.5, 0.6) is 0 Å². The van der Waals surface area contributed by atoms with Gasteiger partial charge in [-0.2, -0.15) is 0 Å². The van der Waals surface area contributed by atoms with E-state index in [1.165, 1.54) is 0 Å². The molecule has 0 spiro atoms. The molecule has 1 aliphatic rings. The summed E-state index contributed by atoms with van der Waals surface area (Å²) in [6.07, 6.45) is 4.94. The van der Waals surface area contributed by atoms with Crippen LogP contribution in [0.4, 0.5) is 4.79 Å². The zero-order valence-electron chi connectivity index (χ0n) is 13.3. The summed E-state index contributed by atoms with van der Waals surface area (Å²) in [4.78, 5) is 22.6. The Morgan fingerprint density at radius 3 is 2.96 bits per heavy atom. The molecule has 124 valence electrons. The smallest absolute Gasteiger partial charge is 0.410 e. The van der Waals surface area contributed by atoms with Gasteiger partial charge in [-0.3, -0.25) is 4.40 Å². The number of ether oxygens (including phenoxy) is 1. The van der Waals surface area contributed by atoms with Crippen molar-refractivity contribution < 1.29 is 9.53 Å². The first-order chi connectivity index (χ1) is 10.8. The zero-order chi connectivity index (χ0) is 16.6. The highest BCUT2D eigenvalue weighted by molar-refractivity contribution is 7.99. The average molecular weight is 355 g/mol. The van der Waals surface area contributed by atoms with E-state index in [1.54, 1.807) is 29.1 Å². The van der Waals surface area contributed by atoms with Crippen molar-refractivity contribution >= 4 is 35.0 Å². The Morgan fingerprint density at radius 2 is 2.22 bits per heavy atom. The van der Waals surface area contributed by atoms with Crippen LogP contribution >= 0.6 is 23.4 Å². The van der Waals surface area contributed by atoms with E-state index in [-0.39, 0.29) is 11.3 Å². The predicted molar refractivity (Wildman–Crippen MR) is 91.0 cm³/mol. The first kappa shape index (κ1) is 16.4. The molecule has 1 saturated heterocycles. The second-order valence-electron chi connectivity index (χ2n) is 6.38. The van der Waals surface area contributed by atoms with Gasteiger partial charge in [0.25, 0.3) is 0 Å². The lowest BCUT2D eigenvalue weighted by Crippen LogP contribution is -2.42. The van der Waals surface area contributed by atoms with Crippen LogP contribution in [0.2, 0.25) is 5.15 Å². The lowest BCUT2D eigenvalue weighted by atomic mass is 10.2. The van der Waals surface area contributed by atoms with Crippen molar-refractivity contribution in [1.29, 1.82) is 0 Å². The summed E-state index contributed by atoms with van der Waals surface area (Å²) >= 11 is 7.88. The van der Waals surface area contributed by atoms with E-state index >= 15 is 0 Å². The van der Waals surface area contributed by atoms with Gasteiger partial charge in [-0.05, 0) is 20.8 Å². The molecule has 1 aliphatic heterocycles. The fraction of sp³-hybridized carbons (Fsp3) is 0.533. The molecule has 1 unspecified atom stereocenters. The monoisotopic (exact) mass is 354 g/mol. The van der Waals surface area contributed by atoms with Crippen LogP contribution in [0.15, 0.2) is 18.6 Å². The van der Waals surface area contributed by atoms with Crippen LogP contribution in [-0.2, 0) is 4.74 Å². The first-order valence-electron chi connectivity index (χ1n) is 7.42. The Balaban J connectivity index is 1.80. The summed E-state index contributed by atoms with van der Waals surface area (Å²) in [5.41, 5.74) is 0.287. The Kier molecular flexibility index (Phi) is 4.42. The summed E-state index contributed by atoms with van der Waals surface area (Å²) in [7, 11) is 0. The number of hydrogen-bond acceptors (Lipinski definition) is 5. The van der Waals surface area contributed by atoms with Gasteiger partial charge in [-0.25, -0.2) is 14.8 Å². The van der Waals surface area contributed by atoms with Crippen LogP contribution in [0, 0.1) is 0 Å². The van der Waals surface area contributed by atoms with Gasteiger partial charge in [0.1, 0.15) is 16.9 Å². The van der Waals surface area contributed by atoms with Crippen molar-refractivity contribution in [3.05, 3.63) is 29.6 Å². The SMILES string of the molecule is CC(C)(C)OC(=O)N1CCSC(c2ncc3c(Cl)nccn23)C1. The number of thioether (sulfide) groups is 1. The molecular weight excluding hydrogens is 336 g/mol. The first-order valence-corrected chi connectivity index (χ1v) is 8.85. The number of fused-ring (bicyclic) bond motifs is 1. The highest BCUT2D eigenvalue weighted by Crippen LogP contribution is 2.33. The summed E-state index contributed by atoms with van der Waals surface area (Å²) < 4.78 is 7.40. The summed E-state index contributed by atoms with van der Waals surface area (Å²) in [6, 6.07) is 0. The van der Waals surface area contributed by atoms with E-state index in [4.69, 9.17) is 16.3 Å². The number of halogens is 1. The highest BCUT2D eigenvalue weighted by Gasteiger charge is 2.30. The molecule has 2 aromatic rings. The van der Waals surface area contributed by atoms with Gasteiger partial charge in [0.2, 0.25) is 0 Å². The maximum atomic E-state index is 12.3. The Hall–Kier alpha value is -1.47. The maximum Gasteiger partial charge on any atom is 0.410 e. The molecular formula is C15H19ClN4O2S. The third-order valence-electron chi connectivity index (χ3n) is 3.45. The molecule has 1 amide bonds. The van der Waals surface area contributed by atoms with E-state index in [1.807, 2.05) is 31.4 Å². The van der Waals surface area contributed by atoms with Crippen LogP contribution in [-0.4, -0.2) is 49.8 Å². The van der Waals surface area contributed by atoms with E-state index in [0.29, 0.717) is 18.2 Å². The predicted octanol–water partition coefficient (Wildman–Crippen LogP) is 3.41. The highest BCUT2D eigenvalue weighted by atomic mass is 35.5. The standard InChI is InChI=1S/C15H19ClN4O2S/c1-15(2,3)22-14(21)19-6-7-23-11(9-19)13-18-8-10-12(16)17-4-5-20(10)13/h4-5,8,11H,6-7,9H2,1-3H3. The van der Waals surface area contributed by atoms with Crippen LogP contribution in [0.1, 0.15) is 31.8 Å². The van der Waals surface area contributed by atoms with Gasteiger partial charge in [-0.15, -0.1) is 11.8 Å². The van der Waals surface area contributed by atoms with Crippen LogP contribution < -0.4 is 0 Å². The number of imidazole rings is 1. The number of rotatable bonds is 1. The van der Waals surface area contributed by atoms with Gasteiger partial charge in [0, 0.05) is 31.2 Å². The number of carbonyl (C=O) groups is 1.